The third-order valence-corrected chi connectivity index (χ3v) is 2.80. The molecule has 72 valence electrons. The molecule has 1 aliphatic heterocycles. The van der Waals surface area contributed by atoms with E-state index in [9.17, 15) is 10.2 Å². The molecule has 0 aromatic heterocycles. The standard InChI is InChI=1S/C9H18O3/c1-4-7-9(11)8(10)5(2)6(3)12-7/h5-11H,4H2,1-3H3/t5?,6-,7?,8?,9-/m0/s1. The van der Waals surface area contributed by atoms with Gasteiger partial charge in [-0.25, -0.2) is 0 Å². The van der Waals surface area contributed by atoms with Crippen LogP contribution in [0.3, 0.4) is 0 Å². The van der Waals surface area contributed by atoms with E-state index < -0.39 is 12.2 Å². The summed E-state index contributed by atoms with van der Waals surface area (Å²) >= 11 is 0. The highest BCUT2D eigenvalue weighted by molar-refractivity contribution is 4.87. The van der Waals surface area contributed by atoms with Crippen molar-refractivity contribution >= 4 is 0 Å². The summed E-state index contributed by atoms with van der Waals surface area (Å²) in [6, 6.07) is 0. The lowest BCUT2D eigenvalue weighted by Crippen LogP contribution is -2.52. The first-order chi connectivity index (χ1) is 5.57. The van der Waals surface area contributed by atoms with Crippen LogP contribution in [0.15, 0.2) is 0 Å². The maximum atomic E-state index is 9.59. The van der Waals surface area contributed by atoms with Gasteiger partial charge in [-0.15, -0.1) is 0 Å². The molecule has 0 amide bonds. The van der Waals surface area contributed by atoms with Gasteiger partial charge in [0.25, 0.3) is 0 Å². The van der Waals surface area contributed by atoms with Crippen LogP contribution < -0.4 is 0 Å². The third-order valence-electron chi connectivity index (χ3n) is 2.80. The zero-order valence-electron chi connectivity index (χ0n) is 7.90. The molecule has 0 radical (unpaired) electrons. The average molecular weight is 174 g/mol. The summed E-state index contributed by atoms with van der Waals surface area (Å²) in [5, 5.41) is 19.1. The molecule has 5 atom stereocenters. The van der Waals surface area contributed by atoms with Crippen LogP contribution in [0.2, 0.25) is 0 Å². The highest BCUT2D eigenvalue weighted by atomic mass is 16.5. The summed E-state index contributed by atoms with van der Waals surface area (Å²) in [6.07, 6.45) is -0.783. The maximum absolute atomic E-state index is 9.59. The van der Waals surface area contributed by atoms with Crippen LogP contribution in [-0.4, -0.2) is 34.6 Å². The molecule has 3 unspecified atom stereocenters. The second-order valence-electron chi connectivity index (χ2n) is 3.63. The fraction of sp³-hybridized carbons (Fsp3) is 1.00. The number of hydrogen-bond donors (Lipinski definition) is 2. The van der Waals surface area contributed by atoms with E-state index in [2.05, 4.69) is 0 Å². The molecule has 12 heavy (non-hydrogen) atoms. The molecule has 1 aliphatic rings. The summed E-state index contributed by atoms with van der Waals surface area (Å²) in [5.74, 6) is 0.0165. The number of aliphatic hydroxyl groups excluding tert-OH is 2. The molecule has 3 heteroatoms. The highest BCUT2D eigenvalue weighted by Crippen LogP contribution is 2.26. The second kappa shape index (κ2) is 3.73. The number of hydrogen-bond acceptors (Lipinski definition) is 3. The van der Waals surface area contributed by atoms with E-state index >= 15 is 0 Å². The van der Waals surface area contributed by atoms with Crippen LogP contribution >= 0.6 is 0 Å². The Bertz CT molecular complexity index is 144. The van der Waals surface area contributed by atoms with E-state index in [1.807, 2.05) is 20.8 Å². The van der Waals surface area contributed by atoms with Crippen LogP contribution in [0.25, 0.3) is 0 Å². The highest BCUT2D eigenvalue weighted by Gasteiger charge is 2.38. The fourth-order valence-corrected chi connectivity index (χ4v) is 1.63. The third kappa shape index (κ3) is 1.63. The van der Waals surface area contributed by atoms with Crippen molar-refractivity contribution in [3.05, 3.63) is 0 Å². The molecule has 0 spiro atoms. The zero-order chi connectivity index (χ0) is 9.30. The molecule has 1 heterocycles. The molecule has 1 fully saturated rings. The van der Waals surface area contributed by atoms with Crippen molar-refractivity contribution in [3.63, 3.8) is 0 Å². The summed E-state index contributed by atoms with van der Waals surface area (Å²) in [4.78, 5) is 0. The Hall–Kier alpha value is -0.120. The van der Waals surface area contributed by atoms with E-state index in [4.69, 9.17) is 4.74 Å². The van der Waals surface area contributed by atoms with Crippen LogP contribution in [0.5, 0.6) is 0 Å². The molecule has 0 aromatic rings. The van der Waals surface area contributed by atoms with Crippen molar-refractivity contribution in [1.82, 2.24) is 0 Å². The topological polar surface area (TPSA) is 49.7 Å². The molecule has 3 nitrogen and oxygen atoms in total. The van der Waals surface area contributed by atoms with E-state index in [0.29, 0.717) is 0 Å². The van der Waals surface area contributed by atoms with E-state index in [1.165, 1.54) is 0 Å². The lowest BCUT2D eigenvalue weighted by atomic mass is 9.88. The quantitative estimate of drug-likeness (QED) is 0.610. The Labute approximate surface area is 73.4 Å². The van der Waals surface area contributed by atoms with Gasteiger partial charge in [-0.05, 0) is 13.3 Å². The summed E-state index contributed by atoms with van der Waals surface area (Å²) in [5.41, 5.74) is 0. The molecular formula is C9H18O3. The Morgan fingerprint density at radius 3 is 2.25 bits per heavy atom. The Kier molecular flexibility index (Phi) is 3.09. The van der Waals surface area contributed by atoms with Crippen LogP contribution in [0, 0.1) is 5.92 Å². The minimum Gasteiger partial charge on any atom is -0.390 e. The van der Waals surface area contributed by atoms with Gasteiger partial charge in [0.1, 0.15) is 6.10 Å². The molecule has 0 aromatic carbocycles. The zero-order valence-corrected chi connectivity index (χ0v) is 7.90. The molecule has 1 rings (SSSR count). The van der Waals surface area contributed by atoms with E-state index in [-0.39, 0.29) is 18.1 Å². The van der Waals surface area contributed by atoms with Crippen LogP contribution in [0.1, 0.15) is 27.2 Å². The van der Waals surface area contributed by atoms with Crippen molar-refractivity contribution in [2.24, 2.45) is 5.92 Å². The number of aliphatic hydroxyl groups is 2. The molecular weight excluding hydrogens is 156 g/mol. The minimum absolute atomic E-state index is 0.0165. The van der Waals surface area contributed by atoms with Crippen molar-refractivity contribution in [3.8, 4) is 0 Å². The van der Waals surface area contributed by atoms with Gasteiger partial charge in [0, 0.05) is 5.92 Å². The fourth-order valence-electron chi connectivity index (χ4n) is 1.63. The molecule has 1 saturated heterocycles. The van der Waals surface area contributed by atoms with Gasteiger partial charge in [-0.2, -0.15) is 0 Å². The van der Waals surface area contributed by atoms with Crippen LogP contribution in [-0.2, 0) is 4.74 Å². The van der Waals surface area contributed by atoms with E-state index in [0.717, 1.165) is 6.42 Å². The lowest BCUT2D eigenvalue weighted by Gasteiger charge is -2.40. The largest absolute Gasteiger partial charge is 0.390 e. The SMILES string of the molecule is CCC1O[C@@H](C)C(C)C(O)[C@H]1O. The molecule has 0 saturated carbocycles. The van der Waals surface area contributed by atoms with Gasteiger partial charge in [0.05, 0.1) is 18.3 Å². The van der Waals surface area contributed by atoms with Crippen molar-refractivity contribution in [1.29, 1.82) is 0 Å². The Balaban J connectivity index is 2.63. The monoisotopic (exact) mass is 174 g/mol. The summed E-state index contributed by atoms with van der Waals surface area (Å²) in [7, 11) is 0. The van der Waals surface area contributed by atoms with E-state index in [1.54, 1.807) is 0 Å². The van der Waals surface area contributed by atoms with Crippen LogP contribution in [0.4, 0.5) is 0 Å². The maximum Gasteiger partial charge on any atom is 0.106 e. The summed E-state index contributed by atoms with van der Waals surface area (Å²) in [6.45, 7) is 5.77. The van der Waals surface area contributed by atoms with Gasteiger partial charge in [0.15, 0.2) is 0 Å². The van der Waals surface area contributed by atoms with Gasteiger partial charge >= 0.3 is 0 Å². The van der Waals surface area contributed by atoms with Gasteiger partial charge in [-0.1, -0.05) is 13.8 Å². The smallest absolute Gasteiger partial charge is 0.106 e. The predicted molar refractivity (Wildman–Crippen MR) is 45.8 cm³/mol. The lowest BCUT2D eigenvalue weighted by molar-refractivity contribution is -0.191. The Morgan fingerprint density at radius 2 is 1.75 bits per heavy atom. The first-order valence-electron chi connectivity index (χ1n) is 4.59. The Morgan fingerprint density at radius 1 is 1.17 bits per heavy atom. The van der Waals surface area contributed by atoms with Gasteiger partial charge in [0.2, 0.25) is 0 Å². The molecule has 0 aliphatic carbocycles. The first kappa shape index (κ1) is 9.96. The average Bonchev–Trinajstić information content (AvgIpc) is 2.08. The van der Waals surface area contributed by atoms with Crippen molar-refractivity contribution in [2.45, 2.75) is 51.6 Å². The van der Waals surface area contributed by atoms with Crippen molar-refractivity contribution in [2.75, 3.05) is 0 Å². The van der Waals surface area contributed by atoms with Gasteiger partial charge < -0.3 is 14.9 Å². The normalized spacial score (nSPS) is 49.2. The first-order valence-corrected chi connectivity index (χ1v) is 4.59. The number of rotatable bonds is 1. The number of ether oxygens (including phenoxy) is 1. The minimum atomic E-state index is -0.721. The summed E-state index contributed by atoms with van der Waals surface area (Å²) < 4.78 is 5.52. The molecule has 2 N–H and O–H groups in total. The second-order valence-corrected chi connectivity index (χ2v) is 3.63. The van der Waals surface area contributed by atoms with Gasteiger partial charge in [-0.3, -0.25) is 0 Å². The predicted octanol–water partition coefficient (Wildman–Crippen LogP) is 0.542. The van der Waals surface area contributed by atoms with Crippen molar-refractivity contribution < 1.29 is 14.9 Å². The molecule has 0 bridgehead atoms.